The lowest BCUT2D eigenvalue weighted by Gasteiger charge is -2.15. The maximum atomic E-state index is 12.2. The van der Waals surface area contributed by atoms with Gasteiger partial charge in [-0.25, -0.2) is 0 Å². The molecule has 0 aliphatic carbocycles. The molecule has 0 spiro atoms. The van der Waals surface area contributed by atoms with Gasteiger partial charge in [-0.1, -0.05) is 35.9 Å². The second-order valence-corrected chi connectivity index (χ2v) is 5.98. The molecule has 0 aromatic heterocycles. The number of benzene rings is 2. The summed E-state index contributed by atoms with van der Waals surface area (Å²) in [6.07, 6.45) is 0.747. The van der Waals surface area contributed by atoms with Crippen molar-refractivity contribution in [3.8, 4) is 0 Å². The van der Waals surface area contributed by atoms with Crippen LogP contribution < -0.4 is 5.32 Å². The lowest BCUT2D eigenvalue weighted by atomic mass is 10.1. The first kappa shape index (κ1) is 15.1. The molecule has 1 atom stereocenters. The van der Waals surface area contributed by atoms with Crippen LogP contribution in [0.2, 0.25) is 5.02 Å². The zero-order chi connectivity index (χ0) is 14.5. The second-order valence-electron chi connectivity index (χ2n) is 4.69. The number of hydrogen-bond donors (Lipinski definition) is 1. The predicted molar refractivity (Wildman–Crippen MR) is 86.2 cm³/mol. The van der Waals surface area contributed by atoms with Crippen molar-refractivity contribution >= 4 is 33.4 Å². The van der Waals surface area contributed by atoms with Gasteiger partial charge in [-0.2, -0.15) is 0 Å². The molecule has 2 nitrogen and oxygen atoms in total. The monoisotopic (exact) mass is 351 g/mol. The van der Waals surface area contributed by atoms with E-state index < -0.39 is 0 Å². The molecule has 2 aromatic rings. The molecule has 2 rings (SSSR count). The fraction of sp³-hybridized carbons (Fsp3) is 0.188. The molecule has 0 bridgehead atoms. The van der Waals surface area contributed by atoms with E-state index in [1.807, 2.05) is 49.4 Å². The van der Waals surface area contributed by atoms with Gasteiger partial charge in [0, 0.05) is 15.5 Å². The number of halogens is 2. The summed E-state index contributed by atoms with van der Waals surface area (Å²) in [7, 11) is 0. The van der Waals surface area contributed by atoms with Gasteiger partial charge in [-0.15, -0.1) is 0 Å². The molecule has 1 amide bonds. The van der Waals surface area contributed by atoms with E-state index in [1.54, 1.807) is 6.07 Å². The largest absolute Gasteiger partial charge is 0.349 e. The van der Waals surface area contributed by atoms with Crippen molar-refractivity contribution in [1.29, 1.82) is 0 Å². The Balaban J connectivity index is 2.00. The third-order valence-corrected chi connectivity index (χ3v) is 3.85. The summed E-state index contributed by atoms with van der Waals surface area (Å²) >= 11 is 9.34. The zero-order valence-electron chi connectivity index (χ0n) is 11.1. The molecule has 0 radical (unpaired) electrons. The summed E-state index contributed by atoms with van der Waals surface area (Å²) in [6.45, 7) is 1.98. The van der Waals surface area contributed by atoms with Crippen LogP contribution in [0.4, 0.5) is 0 Å². The first-order chi connectivity index (χ1) is 9.56. The van der Waals surface area contributed by atoms with E-state index in [0.717, 1.165) is 16.5 Å². The van der Waals surface area contributed by atoms with Crippen LogP contribution in [0.25, 0.3) is 0 Å². The molecule has 0 aliphatic heterocycles. The highest BCUT2D eigenvalue weighted by Gasteiger charge is 2.12. The Hall–Kier alpha value is -1.32. The minimum absolute atomic E-state index is 0.0353. The maximum Gasteiger partial charge on any atom is 0.252 e. The molecule has 0 heterocycles. The van der Waals surface area contributed by atoms with Crippen LogP contribution in [0.1, 0.15) is 22.8 Å². The summed E-state index contributed by atoms with van der Waals surface area (Å²) in [5.74, 6) is -0.0768. The van der Waals surface area contributed by atoms with Crippen LogP contribution >= 0.6 is 27.5 Å². The van der Waals surface area contributed by atoms with Gasteiger partial charge in [0.1, 0.15) is 0 Å². The molecular formula is C16H15BrClNO. The third-order valence-electron chi connectivity index (χ3n) is 2.93. The average Bonchev–Trinajstić information content (AvgIpc) is 2.38. The minimum Gasteiger partial charge on any atom is -0.349 e. The Morgan fingerprint density at radius 2 is 2.00 bits per heavy atom. The van der Waals surface area contributed by atoms with Crippen molar-refractivity contribution in [3.05, 3.63) is 69.2 Å². The fourth-order valence-corrected chi connectivity index (χ4v) is 2.69. The van der Waals surface area contributed by atoms with E-state index in [1.165, 1.54) is 0 Å². The van der Waals surface area contributed by atoms with E-state index >= 15 is 0 Å². The standard InChI is InChI=1S/C16H15BrClNO/c1-11(9-12-5-4-6-13(18)10-12)19-16(20)14-7-2-3-8-15(14)17/h2-8,10-11H,9H2,1H3,(H,19,20)/t11-/m0/s1. The molecule has 20 heavy (non-hydrogen) atoms. The van der Waals surface area contributed by atoms with Crippen LogP contribution in [-0.2, 0) is 6.42 Å². The predicted octanol–water partition coefficient (Wildman–Crippen LogP) is 4.46. The quantitative estimate of drug-likeness (QED) is 0.864. The Labute approximate surface area is 132 Å². The average molecular weight is 353 g/mol. The Morgan fingerprint density at radius 3 is 2.70 bits per heavy atom. The molecule has 0 unspecified atom stereocenters. The maximum absolute atomic E-state index is 12.2. The number of carbonyl (C=O) groups is 1. The summed E-state index contributed by atoms with van der Waals surface area (Å²) in [5.41, 5.74) is 1.75. The van der Waals surface area contributed by atoms with Gasteiger partial charge in [0.05, 0.1) is 5.56 Å². The smallest absolute Gasteiger partial charge is 0.252 e. The number of carbonyl (C=O) groups excluding carboxylic acids is 1. The lowest BCUT2D eigenvalue weighted by molar-refractivity contribution is 0.0939. The number of rotatable bonds is 4. The zero-order valence-corrected chi connectivity index (χ0v) is 13.4. The van der Waals surface area contributed by atoms with Crippen molar-refractivity contribution in [2.75, 3.05) is 0 Å². The normalized spacial score (nSPS) is 11.9. The molecule has 0 saturated heterocycles. The van der Waals surface area contributed by atoms with Gasteiger partial charge in [0.2, 0.25) is 0 Å². The van der Waals surface area contributed by atoms with Crippen LogP contribution in [0, 0.1) is 0 Å². The molecule has 104 valence electrons. The van der Waals surface area contributed by atoms with Crippen molar-refractivity contribution in [3.63, 3.8) is 0 Å². The van der Waals surface area contributed by atoms with Crippen molar-refractivity contribution in [1.82, 2.24) is 5.32 Å². The highest BCUT2D eigenvalue weighted by Crippen LogP contribution is 2.16. The fourth-order valence-electron chi connectivity index (χ4n) is 2.02. The molecule has 0 saturated carbocycles. The summed E-state index contributed by atoms with van der Waals surface area (Å²) in [5, 5.41) is 3.71. The van der Waals surface area contributed by atoms with Crippen molar-refractivity contribution in [2.45, 2.75) is 19.4 Å². The highest BCUT2D eigenvalue weighted by atomic mass is 79.9. The van der Waals surface area contributed by atoms with Crippen molar-refractivity contribution < 1.29 is 4.79 Å². The summed E-state index contributed by atoms with van der Waals surface area (Å²) < 4.78 is 0.799. The topological polar surface area (TPSA) is 29.1 Å². The Morgan fingerprint density at radius 1 is 1.25 bits per heavy atom. The number of amides is 1. The van der Waals surface area contributed by atoms with Gasteiger partial charge < -0.3 is 5.32 Å². The minimum atomic E-state index is -0.0768. The lowest BCUT2D eigenvalue weighted by Crippen LogP contribution is -2.34. The number of nitrogens with one attached hydrogen (secondary N) is 1. The molecule has 1 N–H and O–H groups in total. The van der Waals surface area contributed by atoms with Crippen molar-refractivity contribution in [2.24, 2.45) is 0 Å². The van der Waals surface area contributed by atoms with Gasteiger partial charge >= 0.3 is 0 Å². The Kier molecular flexibility index (Phi) is 5.21. The van der Waals surface area contributed by atoms with E-state index in [4.69, 9.17) is 11.6 Å². The summed E-state index contributed by atoms with van der Waals surface area (Å²) in [6, 6.07) is 15.1. The summed E-state index contributed by atoms with van der Waals surface area (Å²) in [4.78, 5) is 12.2. The molecule has 2 aromatic carbocycles. The van der Waals surface area contributed by atoms with E-state index in [0.29, 0.717) is 10.6 Å². The molecule has 4 heteroatoms. The van der Waals surface area contributed by atoms with Gasteiger partial charge in [0.25, 0.3) is 5.91 Å². The molecular weight excluding hydrogens is 338 g/mol. The first-order valence-electron chi connectivity index (χ1n) is 6.36. The Bertz CT molecular complexity index is 615. The van der Waals surface area contributed by atoms with E-state index in [9.17, 15) is 4.79 Å². The molecule has 0 fully saturated rings. The van der Waals surface area contributed by atoms with Gasteiger partial charge in [-0.05, 0) is 59.1 Å². The van der Waals surface area contributed by atoms with Gasteiger partial charge in [-0.3, -0.25) is 4.79 Å². The van der Waals surface area contributed by atoms with Crippen LogP contribution in [0.15, 0.2) is 53.0 Å². The van der Waals surface area contributed by atoms with Crippen LogP contribution in [0.3, 0.4) is 0 Å². The van der Waals surface area contributed by atoms with Crippen LogP contribution in [0.5, 0.6) is 0 Å². The highest BCUT2D eigenvalue weighted by molar-refractivity contribution is 9.10. The molecule has 0 aliphatic rings. The first-order valence-corrected chi connectivity index (χ1v) is 7.53. The van der Waals surface area contributed by atoms with E-state index in [2.05, 4.69) is 21.2 Å². The van der Waals surface area contributed by atoms with Gasteiger partial charge in [0.15, 0.2) is 0 Å². The van der Waals surface area contributed by atoms with E-state index in [-0.39, 0.29) is 11.9 Å². The third kappa shape index (κ3) is 4.09. The van der Waals surface area contributed by atoms with Crippen LogP contribution in [-0.4, -0.2) is 11.9 Å². The number of hydrogen-bond acceptors (Lipinski definition) is 1. The SMILES string of the molecule is C[C@@H](Cc1cccc(Cl)c1)NC(=O)c1ccccc1Br. The second kappa shape index (κ2) is 6.91.